The van der Waals surface area contributed by atoms with E-state index in [0.717, 1.165) is 69.6 Å². The average molecular weight is 906 g/mol. The zero-order valence-electron chi connectivity index (χ0n) is 43.9. The van der Waals surface area contributed by atoms with E-state index in [1.807, 2.05) is 0 Å². The summed E-state index contributed by atoms with van der Waals surface area (Å²) in [5.74, 6) is 0.790. The first-order valence-corrected chi connectivity index (χ1v) is 28.7. The van der Waals surface area contributed by atoms with Crippen molar-refractivity contribution in [3.63, 3.8) is 0 Å². The molecule has 0 aliphatic heterocycles. The lowest BCUT2D eigenvalue weighted by atomic mass is 10.0. The van der Waals surface area contributed by atoms with Gasteiger partial charge >= 0.3 is 17.9 Å². The number of rotatable bonds is 52. The van der Waals surface area contributed by atoms with Crippen molar-refractivity contribution in [2.75, 3.05) is 13.2 Å². The van der Waals surface area contributed by atoms with E-state index in [0.29, 0.717) is 19.3 Å². The molecule has 6 heteroatoms. The lowest BCUT2D eigenvalue weighted by Gasteiger charge is -2.18. The predicted molar refractivity (Wildman–Crippen MR) is 275 cm³/mol. The third-order valence-electron chi connectivity index (χ3n) is 13.2. The van der Waals surface area contributed by atoms with E-state index in [2.05, 4.69) is 34.6 Å². The van der Waals surface area contributed by atoms with Crippen LogP contribution in [0.25, 0.3) is 0 Å². The fourth-order valence-electron chi connectivity index (χ4n) is 8.87. The zero-order valence-corrected chi connectivity index (χ0v) is 43.9. The third-order valence-corrected chi connectivity index (χ3v) is 13.2. The van der Waals surface area contributed by atoms with Crippen LogP contribution in [0.3, 0.4) is 0 Å². The van der Waals surface area contributed by atoms with Crippen LogP contribution < -0.4 is 0 Å². The first-order chi connectivity index (χ1) is 31.2. The summed E-state index contributed by atoms with van der Waals surface area (Å²) in [7, 11) is 0. The quantitative estimate of drug-likeness (QED) is 0.0344. The number of ether oxygens (including phenoxy) is 3. The summed E-state index contributed by atoms with van der Waals surface area (Å²) in [6.07, 6.45) is 53.9. The molecule has 0 aromatic carbocycles. The highest BCUT2D eigenvalue weighted by Crippen LogP contribution is 2.18. The van der Waals surface area contributed by atoms with Gasteiger partial charge in [0, 0.05) is 19.3 Å². The van der Waals surface area contributed by atoms with Crippen molar-refractivity contribution in [1.82, 2.24) is 0 Å². The summed E-state index contributed by atoms with van der Waals surface area (Å²) in [5, 5.41) is 0. The molecular formula is C58H112O6. The van der Waals surface area contributed by atoms with Gasteiger partial charge in [-0.3, -0.25) is 14.4 Å². The maximum absolute atomic E-state index is 12.8. The summed E-state index contributed by atoms with van der Waals surface area (Å²) < 4.78 is 16.9. The molecule has 0 aromatic heterocycles. The normalized spacial score (nSPS) is 12.0. The van der Waals surface area contributed by atoms with Crippen molar-refractivity contribution >= 4 is 17.9 Å². The van der Waals surface area contributed by atoms with Crippen molar-refractivity contribution in [3.05, 3.63) is 0 Å². The Kier molecular flexibility index (Phi) is 49.6. The maximum Gasteiger partial charge on any atom is 0.306 e. The number of esters is 3. The molecule has 64 heavy (non-hydrogen) atoms. The summed E-state index contributed by atoms with van der Waals surface area (Å²) >= 11 is 0. The van der Waals surface area contributed by atoms with Crippen molar-refractivity contribution in [3.8, 4) is 0 Å². The molecule has 0 bridgehead atoms. The third kappa shape index (κ3) is 51.4. The van der Waals surface area contributed by atoms with Crippen molar-refractivity contribution in [2.45, 2.75) is 330 Å². The van der Waals surface area contributed by atoms with Gasteiger partial charge < -0.3 is 14.2 Å². The lowest BCUT2D eigenvalue weighted by Crippen LogP contribution is -2.30. The molecule has 0 N–H and O–H groups in total. The van der Waals surface area contributed by atoms with Gasteiger partial charge in [0.05, 0.1) is 0 Å². The van der Waals surface area contributed by atoms with E-state index in [9.17, 15) is 14.4 Å². The predicted octanol–water partition coefficient (Wildman–Crippen LogP) is 18.9. The molecule has 0 unspecified atom stereocenters. The Hall–Kier alpha value is -1.59. The Morgan fingerprint density at radius 3 is 0.766 bits per heavy atom. The van der Waals surface area contributed by atoms with Gasteiger partial charge in [0.1, 0.15) is 13.2 Å². The molecule has 6 nitrogen and oxygen atoms in total. The standard InChI is InChI=1S/C58H112O6/c1-6-7-8-9-10-11-12-13-14-15-19-22-25-28-33-38-43-48-56(59)62-51-55(52-63-57(60)49-44-39-35-30-32-37-42-47-54(4)5)64-58(61)50-45-40-34-29-26-23-20-17-16-18-21-24-27-31-36-41-46-53(2)3/h53-55H,6-52H2,1-5H3/t55-/m1/s1. The molecule has 0 radical (unpaired) electrons. The molecule has 0 spiro atoms. The lowest BCUT2D eigenvalue weighted by molar-refractivity contribution is -0.167. The molecule has 0 aliphatic rings. The molecule has 0 amide bonds. The minimum atomic E-state index is -0.763. The number of unbranched alkanes of at least 4 members (excludes halogenated alkanes) is 37. The van der Waals surface area contributed by atoms with Gasteiger partial charge in [-0.2, -0.15) is 0 Å². The van der Waals surface area contributed by atoms with Crippen LogP contribution in [0.1, 0.15) is 324 Å². The number of carbonyl (C=O) groups excluding carboxylic acids is 3. The highest BCUT2D eigenvalue weighted by molar-refractivity contribution is 5.71. The second kappa shape index (κ2) is 50.8. The minimum absolute atomic E-state index is 0.0633. The molecule has 0 rings (SSSR count). The fraction of sp³-hybridized carbons (Fsp3) is 0.948. The summed E-state index contributed by atoms with van der Waals surface area (Å²) in [5.41, 5.74) is 0. The zero-order chi connectivity index (χ0) is 46.8. The molecule has 0 aliphatic carbocycles. The molecule has 0 fully saturated rings. The molecule has 0 heterocycles. The van der Waals surface area contributed by atoms with Crippen molar-refractivity contribution < 1.29 is 28.6 Å². The Bertz CT molecular complexity index is 978. The molecule has 0 aromatic rings. The van der Waals surface area contributed by atoms with Gasteiger partial charge in [-0.25, -0.2) is 0 Å². The van der Waals surface area contributed by atoms with Crippen LogP contribution in [0.2, 0.25) is 0 Å². The molecular weight excluding hydrogens is 793 g/mol. The van der Waals surface area contributed by atoms with Crippen LogP contribution in [0, 0.1) is 11.8 Å². The van der Waals surface area contributed by atoms with E-state index < -0.39 is 6.10 Å². The van der Waals surface area contributed by atoms with Crippen LogP contribution in [-0.2, 0) is 28.6 Å². The summed E-state index contributed by atoms with van der Waals surface area (Å²) in [6.45, 7) is 11.4. The van der Waals surface area contributed by atoms with Gasteiger partial charge in [-0.05, 0) is 31.1 Å². The number of hydrogen-bond donors (Lipinski definition) is 0. The van der Waals surface area contributed by atoms with E-state index in [-0.39, 0.29) is 31.1 Å². The Morgan fingerprint density at radius 2 is 0.516 bits per heavy atom. The highest BCUT2D eigenvalue weighted by atomic mass is 16.6. The van der Waals surface area contributed by atoms with Crippen LogP contribution in [0.5, 0.6) is 0 Å². The van der Waals surface area contributed by atoms with Gasteiger partial charge in [0.25, 0.3) is 0 Å². The molecule has 380 valence electrons. The van der Waals surface area contributed by atoms with E-state index in [4.69, 9.17) is 14.2 Å². The van der Waals surface area contributed by atoms with Crippen LogP contribution in [-0.4, -0.2) is 37.2 Å². The van der Waals surface area contributed by atoms with Crippen LogP contribution >= 0.6 is 0 Å². The van der Waals surface area contributed by atoms with Gasteiger partial charge in [0.15, 0.2) is 6.10 Å². The van der Waals surface area contributed by atoms with E-state index >= 15 is 0 Å². The summed E-state index contributed by atoms with van der Waals surface area (Å²) in [4.78, 5) is 38.1. The first-order valence-electron chi connectivity index (χ1n) is 28.7. The largest absolute Gasteiger partial charge is 0.462 e. The molecule has 1 atom stereocenters. The summed E-state index contributed by atoms with van der Waals surface area (Å²) in [6, 6.07) is 0. The molecule has 0 saturated heterocycles. The van der Waals surface area contributed by atoms with Gasteiger partial charge in [0.2, 0.25) is 0 Å². The van der Waals surface area contributed by atoms with Gasteiger partial charge in [-0.1, -0.05) is 285 Å². The van der Waals surface area contributed by atoms with Gasteiger partial charge in [-0.15, -0.1) is 0 Å². The second-order valence-electron chi connectivity index (χ2n) is 20.9. The highest BCUT2D eigenvalue weighted by Gasteiger charge is 2.19. The average Bonchev–Trinajstić information content (AvgIpc) is 3.27. The Morgan fingerprint density at radius 1 is 0.297 bits per heavy atom. The second-order valence-corrected chi connectivity index (χ2v) is 20.9. The Labute approximate surface area is 399 Å². The Balaban J connectivity index is 4.24. The molecule has 0 saturated carbocycles. The van der Waals surface area contributed by atoms with Crippen molar-refractivity contribution in [1.29, 1.82) is 0 Å². The maximum atomic E-state index is 12.8. The smallest absolute Gasteiger partial charge is 0.306 e. The number of carbonyl (C=O) groups is 3. The minimum Gasteiger partial charge on any atom is -0.462 e. The fourth-order valence-corrected chi connectivity index (χ4v) is 8.87. The van der Waals surface area contributed by atoms with Crippen LogP contribution in [0.4, 0.5) is 0 Å². The first kappa shape index (κ1) is 62.4. The van der Waals surface area contributed by atoms with Crippen molar-refractivity contribution in [2.24, 2.45) is 11.8 Å². The topological polar surface area (TPSA) is 78.9 Å². The van der Waals surface area contributed by atoms with E-state index in [1.54, 1.807) is 0 Å². The SMILES string of the molecule is CCCCCCCCCCCCCCCCCCCC(=O)OC[C@H](COC(=O)CCCCCCCCCC(C)C)OC(=O)CCCCCCCCCCCCCCCCCCC(C)C. The monoisotopic (exact) mass is 905 g/mol. The number of hydrogen-bond acceptors (Lipinski definition) is 6. The van der Waals surface area contributed by atoms with Crippen LogP contribution in [0.15, 0.2) is 0 Å². The van der Waals surface area contributed by atoms with E-state index in [1.165, 1.54) is 212 Å².